The Morgan fingerprint density at radius 3 is 2.74 bits per heavy atom. The van der Waals surface area contributed by atoms with E-state index in [0.717, 1.165) is 18.5 Å². The van der Waals surface area contributed by atoms with Gasteiger partial charge in [0.1, 0.15) is 0 Å². The molecule has 2 nitrogen and oxygen atoms in total. The summed E-state index contributed by atoms with van der Waals surface area (Å²) in [6.45, 7) is 4.89. The van der Waals surface area contributed by atoms with Crippen molar-refractivity contribution in [2.75, 3.05) is 12.4 Å². The van der Waals surface area contributed by atoms with Crippen LogP contribution in [0.4, 0.5) is 0 Å². The zero-order chi connectivity index (χ0) is 13.9. The van der Waals surface area contributed by atoms with Gasteiger partial charge in [0.25, 0.3) is 0 Å². The molecule has 0 bridgehead atoms. The molecule has 0 radical (unpaired) electrons. The number of aryl methyl sites for hydroxylation is 2. The monoisotopic (exact) mass is 279 g/mol. The molecule has 1 aliphatic rings. The Morgan fingerprint density at radius 1 is 1.37 bits per heavy atom. The Kier molecular flexibility index (Phi) is 4.51. The van der Waals surface area contributed by atoms with E-state index in [-0.39, 0.29) is 5.91 Å². The number of benzene rings is 1. The summed E-state index contributed by atoms with van der Waals surface area (Å²) in [4.78, 5) is 12.0. The van der Waals surface area contributed by atoms with Crippen LogP contribution in [-0.2, 0) is 11.2 Å². The largest absolute Gasteiger partial charge is 0.355 e. The summed E-state index contributed by atoms with van der Waals surface area (Å²) in [5.41, 5.74) is 3.82. The third-order valence-electron chi connectivity index (χ3n) is 4.10. The second-order valence-corrected chi connectivity index (χ2v) is 6.20. The zero-order valence-corrected chi connectivity index (χ0v) is 12.5. The van der Waals surface area contributed by atoms with Gasteiger partial charge in [0.15, 0.2) is 0 Å². The second-order valence-electron chi connectivity index (χ2n) is 5.82. The number of amides is 1. The van der Waals surface area contributed by atoms with E-state index in [9.17, 15) is 4.79 Å². The molecule has 0 atom stereocenters. The number of hydrogen-bond acceptors (Lipinski definition) is 1. The molecule has 1 aliphatic carbocycles. The fourth-order valence-electron chi connectivity index (χ4n) is 2.40. The third kappa shape index (κ3) is 3.97. The minimum Gasteiger partial charge on any atom is -0.355 e. The Hall–Kier alpha value is -1.02. The molecular weight excluding hydrogens is 258 g/mol. The molecule has 1 aromatic carbocycles. The summed E-state index contributed by atoms with van der Waals surface area (Å²) in [6, 6.07) is 6.25. The lowest BCUT2D eigenvalue weighted by Crippen LogP contribution is -2.31. The van der Waals surface area contributed by atoms with Gasteiger partial charge in [-0.05, 0) is 49.7 Å². The predicted molar refractivity (Wildman–Crippen MR) is 79.6 cm³/mol. The van der Waals surface area contributed by atoms with Crippen molar-refractivity contribution in [3.8, 4) is 0 Å². The fraction of sp³-hybridized carbons (Fsp3) is 0.562. The molecule has 19 heavy (non-hydrogen) atoms. The van der Waals surface area contributed by atoms with Crippen LogP contribution in [0.25, 0.3) is 0 Å². The average Bonchev–Trinajstić information content (AvgIpc) is 3.12. The number of hydrogen-bond donors (Lipinski definition) is 1. The van der Waals surface area contributed by atoms with Gasteiger partial charge in [-0.2, -0.15) is 0 Å². The number of carbonyl (C=O) groups excluding carboxylic acids is 1. The van der Waals surface area contributed by atoms with E-state index in [1.54, 1.807) is 0 Å². The van der Waals surface area contributed by atoms with E-state index >= 15 is 0 Å². The lowest BCUT2D eigenvalue weighted by molar-refractivity contribution is -0.120. The van der Waals surface area contributed by atoms with Gasteiger partial charge in [0.2, 0.25) is 5.91 Å². The van der Waals surface area contributed by atoms with E-state index < -0.39 is 0 Å². The van der Waals surface area contributed by atoms with E-state index in [1.165, 1.54) is 24.0 Å². The van der Waals surface area contributed by atoms with Gasteiger partial charge in [0, 0.05) is 12.4 Å². The molecule has 1 N–H and O–H groups in total. The first kappa shape index (κ1) is 14.4. The maximum Gasteiger partial charge on any atom is 0.224 e. The topological polar surface area (TPSA) is 29.1 Å². The fourth-order valence-corrected chi connectivity index (χ4v) is 2.81. The highest BCUT2D eigenvalue weighted by Crippen LogP contribution is 2.48. The minimum absolute atomic E-state index is 0.120. The first-order valence-corrected chi connectivity index (χ1v) is 7.47. The van der Waals surface area contributed by atoms with Crippen molar-refractivity contribution in [3.63, 3.8) is 0 Å². The van der Waals surface area contributed by atoms with Crippen LogP contribution in [0, 0.1) is 19.3 Å². The van der Waals surface area contributed by atoms with Crippen LogP contribution in [0.15, 0.2) is 18.2 Å². The van der Waals surface area contributed by atoms with Gasteiger partial charge in [-0.25, -0.2) is 0 Å². The molecule has 1 fully saturated rings. The lowest BCUT2D eigenvalue weighted by Gasteiger charge is -2.15. The van der Waals surface area contributed by atoms with Crippen LogP contribution in [0.1, 0.15) is 36.0 Å². The van der Waals surface area contributed by atoms with E-state index in [2.05, 4.69) is 37.4 Å². The average molecular weight is 280 g/mol. The number of carbonyl (C=O) groups is 1. The standard InChI is InChI=1S/C16H22ClNO/c1-12-3-4-13(2)14(9-12)10-15(19)18-11-16(5-6-16)7-8-17/h3-4,9H,5-8,10-11H2,1-2H3,(H,18,19). The normalized spacial score (nSPS) is 16.2. The van der Waals surface area contributed by atoms with Gasteiger partial charge < -0.3 is 5.32 Å². The van der Waals surface area contributed by atoms with Crippen molar-refractivity contribution in [3.05, 3.63) is 34.9 Å². The molecule has 104 valence electrons. The number of nitrogens with one attached hydrogen (secondary N) is 1. The minimum atomic E-state index is 0.120. The first-order chi connectivity index (χ1) is 9.04. The van der Waals surface area contributed by atoms with Crippen LogP contribution in [0.2, 0.25) is 0 Å². The van der Waals surface area contributed by atoms with Crippen LogP contribution in [-0.4, -0.2) is 18.3 Å². The Balaban J connectivity index is 1.86. The van der Waals surface area contributed by atoms with Crippen molar-refractivity contribution in [1.29, 1.82) is 0 Å². The summed E-state index contributed by atoms with van der Waals surface area (Å²) >= 11 is 5.80. The van der Waals surface area contributed by atoms with Crippen LogP contribution in [0.5, 0.6) is 0 Å². The summed E-state index contributed by atoms with van der Waals surface area (Å²) in [6.07, 6.45) is 3.88. The maximum atomic E-state index is 12.0. The quantitative estimate of drug-likeness (QED) is 0.795. The van der Waals surface area contributed by atoms with Crippen LogP contribution >= 0.6 is 11.6 Å². The lowest BCUT2D eigenvalue weighted by atomic mass is 10.0. The van der Waals surface area contributed by atoms with Crippen LogP contribution in [0.3, 0.4) is 0 Å². The molecule has 0 spiro atoms. The third-order valence-corrected chi connectivity index (χ3v) is 4.29. The Morgan fingerprint density at radius 2 is 2.11 bits per heavy atom. The number of alkyl halides is 1. The van der Waals surface area contributed by atoms with Crippen molar-refractivity contribution in [1.82, 2.24) is 5.32 Å². The molecule has 0 unspecified atom stereocenters. The van der Waals surface area contributed by atoms with Gasteiger partial charge >= 0.3 is 0 Å². The summed E-state index contributed by atoms with van der Waals surface area (Å²) < 4.78 is 0. The first-order valence-electron chi connectivity index (χ1n) is 6.93. The van der Waals surface area contributed by atoms with Crippen molar-refractivity contribution >= 4 is 17.5 Å². The Bertz CT molecular complexity index is 466. The molecule has 0 saturated heterocycles. The molecular formula is C16H22ClNO. The van der Waals surface area contributed by atoms with Crippen molar-refractivity contribution in [2.24, 2.45) is 5.41 Å². The summed E-state index contributed by atoms with van der Waals surface area (Å²) in [7, 11) is 0. The smallest absolute Gasteiger partial charge is 0.224 e. The van der Waals surface area contributed by atoms with Gasteiger partial charge in [-0.15, -0.1) is 11.6 Å². The van der Waals surface area contributed by atoms with E-state index in [1.807, 2.05) is 0 Å². The second kappa shape index (κ2) is 5.96. The van der Waals surface area contributed by atoms with E-state index in [0.29, 0.717) is 17.7 Å². The highest BCUT2D eigenvalue weighted by atomic mass is 35.5. The SMILES string of the molecule is Cc1ccc(C)c(CC(=O)NCC2(CCCl)CC2)c1. The van der Waals surface area contributed by atoms with Gasteiger partial charge in [-0.1, -0.05) is 23.8 Å². The Labute approximate surface area is 120 Å². The number of halogens is 1. The maximum absolute atomic E-state index is 12.0. The van der Waals surface area contributed by atoms with Gasteiger partial charge in [0.05, 0.1) is 6.42 Å². The predicted octanol–water partition coefficient (Wildman–Crippen LogP) is 3.37. The highest BCUT2D eigenvalue weighted by Gasteiger charge is 2.41. The zero-order valence-electron chi connectivity index (χ0n) is 11.8. The molecule has 0 aliphatic heterocycles. The summed E-state index contributed by atoms with van der Waals surface area (Å²) in [5.74, 6) is 0.807. The molecule has 3 heteroatoms. The summed E-state index contributed by atoms with van der Waals surface area (Å²) in [5, 5.41) is 3.07. The molecule has 0 aromatic heterocycles. The molecule has 0 heterocycles. The number of rotatable bonds is 6. The van der Waals surface area contributed by atoms with Gasteiger partial charge in [-0.3, -0.25) is 4.79 Å². The molecule has 2 rings (SSSR count). The molecule has 1 aromatic rings. The molecule has 1 amide bonds. The van der Waals surface area contributed by atoms with Crippen molar-refractivity contribution < 1.29 is 4.79 Å². The van der Waals surface area contributed by atoms with Crippen molar-refractivity contribution in [2.45, 2.75) is 39.5 Å². The van der Waals surface area contributed by atoms with E-state index in [4.69, 9.17) is 11.6 Å². The highest BCUT2D eigenvalue weighted by molar-refractivity contribution is 6.17. The van der Waals surface area contributed by atoms with Crippen LogP contribution < -0.4 is 5.32 Å². The molecule has 1 saturated carbocycles.